The quantitative estimate of drug-likeness (QED) is 0.645. The highest BCUT2D eigenvalue weighted by atomic mass is 35.5. The fraction of sp³-hybridized carbons (Fsp3) is 0.300. The van der Waals surface area contributed by atoms with Crippen molar-refractivity contribution in [3.8, 4) is 0 Å². The van der Waals surface area contributed by atoms with Crippen LogP contribution in [0.1, 0.15) is 23.0 Å². The highest BCUT2D eigenvalue weighted by Gasteiger charge is 2.10. The lowest BCUT2D eigenvalue weighted by Crippen LogP contribution is -2.10. The van der Waals surface area contributed by atoms with E-state index in [1.165, 1.54) is 26.2 Å². The van der Waals surface area contributed by atoms with E-state index in [0.717, 1.165) is 0 Å². The molecule has 0 unspecified atom stereocenters. The summed E-state index contributed by atoms with van der Waals surface area (Å²) in [5.74, 6) is -0.335. The molecule has 1 amide bonds. The molecular weight excluding hydrogens is 232 g/mol. The number of halogens is 1. The third kappa shape index (κ3) is 3.20. The number of amides is 1. The Labute approximate surface area is 97.8 Å². The van der Waals surface area contributed by atoms with E-state index >= 15 is 0 Å². The number of ether oxygens (including phenoxy) is 1. The maximum atomic E-state index is 11.3. The lowest BCUT2D eigenvalue weighted by molar-refractivity contribution is -0.114. The fourth-order valence-electron chi connectivity index (χ4n) is 1.14. The van der Waals surface area contributed by atoms with Crippen molar-refractivity contribution in [1.82, 2.24) is 4.98 Å². The molecule has 1 rings (SSSR count). The highest BCUT2D eigenvalue weighted by molar-refractivity contribution is 6.17. The van der Waals surface area contributed by atoms with Gasteiger partial charge < -0.3 is 10.1 Å². The summed E-state index contributed by atoms with van der Waals surface area (Å²) >= 11 is 5.63. The molecule has 0 bridgehead atoms. The van der Waals surface area contributed by atoms with Crippen molar-refractivity contribution in [2.75, 3.05) is 12.4 Å². The zero-order valence-corrected chi connectivity index (χ0v) is 9.67. The van der Waals surface area contributed by atoms with Gasteiger partial charge in [-0.1, -0.05) is 0 Å². The normalized spacial score (nSPS) is 9.69. The van der Waals surface area contributed by atoms with Gasteiger partial charge in [0.25, 0.3) is 0 Å². The van der Waals surface area contributed by atoms with Gasteiger partial charge in [0.05, 0.1) is 24.2 Å². The van der Waals surface area contributed by atoms with Crippen LogP contribution < -0.4 is 5.32 Å². The first-order valence-corrected chi connectivity index (χ1v) is 5.03. The minimum absolute atomic E-state index is 0.150. The molecule has 1 N–H and O–H groups in total. The number of carbonyl (C=O) groups excluding carboxylic acids is 2. The zero-order chi connectivity index (χ0) is 12.1. The minimum Gasteiger partial charge on any atom is -0.465 e. The molecule has 0 aliphatic rings. The van der Waals surface area contributed by atoms with Crippen LogP contribution in [-0.4, -0.2) is 24.0 Å². The predicted octanol–water partition coefficient (Wildman–Crippen LogP) is 1.57. The van der Waals surface area contributed by atoms with E-state index in [4.69, 9.17) is 11.6 Å². The van der Waals surface area contributed by atoms with Crippen molar-refractivity contribution in [1.29, 1.82) is 0 Å². The Kier molecular flexibility index (Phi) is 4.25. The van der Waals surface area contributed by atoms with Crippen LogP contribution in [-0.2, 0) is 15.4 Å². The standard InChI is InChI=1S/C10H11ClN2O3/c1-6(14)12-9-4-7(10(15)16-2)3-8(5-11)13-9/h3-4H,5H2,1-2H3,(H,12,13,14). The van der Waals surface area contributed by atoms with Gasteiger partial charge in [-0.05, 0) is 12.1 Å². The van der Waals surface area contributed by atoms with Crippen molar-refractivity contribution in [2.24, 2.45) is 0 Å². The first kappa shape index (κ1) is 12.4. The molecule has 86 valence electrons. The van der Waals surface area contributed by atoms with Gasteiger partial charge in [-0.2, -0.15) is 0 Å². The molecular formula is C10H11ClN2O3. The zero-order valence-electron chi connectivity index (χ0n) is 8.91. The summed E-state index contributed by atoms with van der Waals surface area (Å²) in [7, 11) is 1.28. The summed E-state index contributed by atoms with van der Waals surface area (Å²) < 4.78 is 4.57. The summed E-state index contributed by atoms with van der Waals surface area (Å²) in [6.45, 7) is 1.35. The van der Waals surface area contributed by atoms with Crippen molar-refractivity contribution in [2.45, 2.75) is 12.8 Å². The number of nitrogens with one attached hydrogen (secondary N) is 1. The number of alkyl halides is 1. The first-order valence-electron chi connectivity index (χ1n) is 4.49. The Balaban J connectivity index is 3.10. The third-order valence-corrected chi connectivity index (χ3v) is 2.01. The Morgan fingerprint density at radius 1 is 1.50 bits per heavy atom. The molecule has 0 saturated carbocycles. The van der Waals surface area contributed by atoms with Gasteiger partial charge in [-0.15, -0.1) is 11.6 Å². The molecule has 0 saturated heterocycles. The summed E-state index contributed by atoms with van der Waals surface area (Å²) in [6, 6.07) is 2.95. The maximum Gasteiger partial charge on any atom is 0.338 e. The van der Waals surface area contributed by atoms with Gasteiger partial charge in [0.1, 0.15) is 5.82 Å². The molecule has 6 heteroatoms. The van der Waals surface area contributed by atoms with Crippen LogP contribution in [0, 0.1) is 0 Å². The number of pyridine rings is 1. The molecule has 0 aliphatic carbocycles. The van der Waals surface area contributed by atoms with E-state index in [1.54, 1.807) is 0 Å². The van der Waals surface area contributed by atoms with E-state index in [-0.39, 0.29) is 17.6 Å². The van der Waals surface area contributed by atoms with E-state index in [1.807, 2.05) is 0 Å². The number of esters is 1. The lowest BCUT2D eigenvalue weighted by Gasteiger charge is -2.06. The maximum absolute atomic E-state index is 11.3. The van der Waals surface area contributed by atoms with Gasteiger partial charge in [-0.25, -0.2) is 9.78 Å². The van der Waals surface area contributed by atoms with Crippen LogP contribution in [0.5, 0.6) is 0 Å². The van der Waals surface area contributed by atoms with Gasteiger partial charge in [0, 0.05) is 6.92 Å². The molecule has 5 nitrogen and oxygen atoms in total. The Morgan fingerprint density at radius 2 is 2.19 bits per heavy atom. The Hall–Kier alpha value is -1.62. The SMILES string of the molecule is COC(=O)c1cc(CCl)nc(NC(C)=O)c1. The molecule has 1 aromatic rings. The summed E-state index contributed by atoms with van der Waals surface area (Å²) in [4.78, 5) is 26.2. The summed E-state index contributed by atoms with van der Waals surface area (Å²) in [5, 5.41) is 2.48. The van der Waals surface area contributed by atoms with Crippen LogP contribution in [0.25, 0.3) is 0 Å². The topological polar surface area (TPSA) is 68.3 Å². The molecule has 16 heavy (non-hydrogen) atoms. The van der Waals surface area contributed by atoms with E-state index in [2.05, 4.69) is 15.0 Å². The van der Waals surface area contributed by atoms with Crippen molar-refractivity contribution >= 4 is 29.3 Å². The number of hydrogen-bond donors (Lipinski definition) is 1. The molecule has 1 heterocycles. The molecule has 0 radical (unpaired) electrons. The van der Waals surface area contributed by atoms with Crippen LogP contribution in [0.2, 0.25) is 0 Å². The van der Waals surface area contributed by atoms with E-state index < -0.39 is 5.97 Å². The van der Waals surface area contributed by atoms with Crippen molar-refractivity contribution < 1.29 is 14.3 Å². The minimum atomic E-state index is -0.500. The number of hydrogen-bond acceptors (Lipinski definition) is 4. The average Bonchev–Trinajstić information content (AvgIpc) is 2.26. The first-order chi connectivity index (χ1) is 7.56. The van der Waals surface area contributed by atoms with E-state index in [0.29, 0.717) is 11.3 Å². The lowest BCUT2D eigenvalue weighted by atomic mass is 10.2. The second-order valence-electron chi connectivity index (χ2n) is 3.04. The van der Waals surface area contributed by atoms with Crippen LogP contribution in [0.15, 0.2) is 12.1 Å². The molecule has 0 spiro atoms. The second kappa shape index (κ2) is 5.46. The van der Waals surface area contributed by atoms with Gasteiger partial charge in [0.15, 0.2) is 0 Å². The second-order valence-corrected chi connectivity index (χ2v) is 3.31. The average molecular weight is 243 g/mol. The fourth-order valence-corrected chi connectivity index (χ4v) is 1.27. The smallest absolute Gasteiger partial charge is 0.338 e. The summed E-state index contributed by atoms with van der Waals surface area (Å²) in [5.41, 5.74) is 0.796. The Bertz CT molecular complexity index is 421. The Morgan fingerprint density at radius 3 is 2.69 bits per heavy atom. The van der Waals surface area contributed by atoms with Crippen molar-refractivity contribution in [3.05, 3.63) is 23.4 Å². The van der Waals surface area contributed by atoms with E-state index in [9.17, 15) is 9.59 Å². The molecule has 0 aliphatic heterocycles. The number of nitrogens with zero attached hydrogens (tertiary/aromatic N) is 1. The number of aromatic nitrogens is 1. The number of methoxy groups -OCH3 is 1. The number of carbonyl (C=O) groups is 2. The summed E-state index contributed by atoms with van der Waals surface area (Å²) in [6.07, 6.45) is 0. The number of rotatable bonds is 3. The molecule has 0 fully saturated rings. The van der Waals surface area contributed by atoms with Crippen molar-refractivity contribution in [3.63, 3.8) is 0 Å². The van der Waals surface area contributed by atoms with Gasteiger partial charge in [0.2, 0.25) is 5.91 Å². The third-order valence-electron chi connectivity index (χ3n) is 1.74. The molecule has 0 aromatic carbocycles. The van der Waals surface area contributed by atoms with Gasteiger partial charge in [-0.3, -0.25) is 4.79 Å². The van der Waals surface area contributed by atoms with Gasteiger partial charge >= 0.3 is 5.97 Å². The largest absolute Gasteiger partial charge is 0.465 e. The predicted molar refractivity (Wildman–Crippen MR) is 59.4 cm³/mol. The monoisotopic (exact) mass is 242 g/mol. The van der Waals surface area contributed by atoms with Crippen LogP contribution in [0.3, 0.4) is 0 Å². The number of anilines is 1. The molecule has 0 atom stereocenters. The molecule has 1 aromatic heterocycles. The van der Waals surface area contributed by atoms with Crippen LogP contribution >= 0.6 is 11.6 Å². The highest BCUT2D eigenvalue weighted by Crippen LogP contribution is 2.13. The van der Waals surface area contributed by atoms with Crippen LogP contribution in [0.4, 0.5) is 5.82 Å².